The summed E-state index contributed by atoms with van der Waals surface area (Å²) in [7, 11) is 2.17. The van der Waals surface area contributed by atoms with Crippen molar-refractivity contribution in [3.63, 3.8) is 0 Å². The molecule has 1 heterocycles. The van der Waals surface area contributed by atoms with E-state index in [1.54, 1.807) is 0 Å². The summed E-state index contributed by atoms with van der Waals surface area (Å²) in [6.07, 6.45) is 2.49. The van der Waals surface area contributed by atoms with E-state index in [4.69, 9.17) is 10.5 Å². The highest BCUT2D eigenvalue weighted by Crippen LogP contribution is 2.36. The molecule has 1 aliphatic heterocycles. The third kappa shape index (κ3) is 2.99. The van der Waals surface area contributed by atoms with Crippen molar-refractivity contribution in [3.8, 4) is 0 Å². The van der Waals surface area contributed by atoms with Crippen LogP contribution in [0.15, 0.2) is 18.2 Å². The Kier molecular flexibility index (Phi) is 4.40. The maximum Gasteiger partial charge on any atom is 0.0573 e. The average Bonchev–Trinajstić information content (AvgIpc) is 2.35. The molecule has 0 amide bonds. The Morgan fingerprint density at radius 2 is 1.65 bits per heavy atom. The maximum absolute atomic E-state index is 6.18. The summed E-state index contributed by atoms with van der Waals surface area (Å²) < 4.78 is 5.89. The van der Waals surface area contributed by atoms with Crippen molar-refractivity contribution < 1.29 is 4.74 Å². The third-order valence-corrected chi connectivity index (χ3v) is 4.48. The Balaban J connectivity index is 2.34. The first kappa shape index (κ1) is 15.3. The summed E-state index contributed by atoms with van der Waals surface area (Å²) in [5, 5.41) is 0. The molecule has 3 heteroatoms. The van der Waals surface area contributed by atoms with Gasteiger partial charge in [0.05, 0.1) is 17.7 Å². The zero-order valence-electron chi connectivity index (χ0n) is 13.4. The quantitative estimate of drug-likeness (QED) is 0.922. The highest BCUT2D eigenvalue weighted by Gasteiger charge is 2.41. The van der Waals surface area contributed by atoms with Gasteiger partial charge in [-0.25, -0.2) is 0 Å². The lowest BCUT2D eigenvalue weighted by Crippen LogP contribution is -2.58. The number of hydrogen-bond donors (Lipinski definition) is 1. The Morgan fingerprint density at radius 3 is 2.10 bits per heavy atom. The maximum atomic E-state index is 6.18. The molecule has 0 aliphatic carbocycles. The zero-order chi connectivity index (χ0) is 14.9. The van der Waals surface area contributed by atoms with Crippen molar-refractivity contribution in [3.05, 3.63) is 29.3 Å². The first-order chi connectivity index (χ1) is 9.36. The molecule has 1 saturated heterocycles. The Bertz CT molecular complexity index is 442. The summed E-state index contributed by atoms with van der Waals surface area (Å²) in [6.45, 7) is 9.25. The smallest absolute Gasteiger partial charge is 0.0573 e. The van der Waals surface area contributed by atoms with Gasteiger partial charge >= 0.3 is 0 Å². The van der Waals surface area contributed by atoms with Crippen LogP contribution in [0.4, 0.5) is 5.69 Å². The monoisotopic (exact) mass is 276 g/mol. The van der Waals surface area contributed by atoms with Crippen LogP contribution >= 0.6 is 0 Å². The van der Waals surface area contributed by atoms with E-state index in [-0.39, 0.29) is 17.7 Å². The molecule has 1 fully saturated rings. The molecule has 20 heavy (non-hydrogen) atoms. The van der Waals surface area contributed by atoms with E-state index in [9.17, 15) is 0 Å². The predicted octanol–water partition coefficient (Wildman–Crippen LogP) is 3.02. The number of anilines is 1. The lowest BCUT2D eigenvalue weighted by Gasteiger charge is -2.49. The van der Waals surface area contributed by atoms with E-state index in [0.29, 0.717) is 6.54 Å². The van der Waals surface area contributed by atoms with Crippen LogP contribution in [-0.4, -0.2) is 31.3 Å². The summed E-state index contributed by atoms with van der Waals surface area (Å²) in [5.74, 6) is 0. The van der Waals surface area contributed by atoms with Gasteiger partial charge in [-0.05, 0) is 63.8 Å². The number of nitrogens with zero attached hydrogens (tertiary/aromatic N) is 1. The number of nitrogens with two attached hydrogens (primary N) is 1. The number of rotatable bonds is 3. The van der Waals surface area contributed by atoms with Crippen LogP contribution in [0.5, 0.6) is 0 Å². The second-order valence-electron chi connectivity index (χ2n) is 6.50. The van der Waals surface area contributed by atoms with Gasteiger partial charge in [0.1, 0.15) is 0 Å². The predicted molar refractivity (Wildman–Crippen MR) is 85.3 cm³/mol. The molecule has 2 atom stereocenters. The molecule has 112 valence electrons. The molecular formula is C17H28N2O. The standard InChI is InChI=1S/C17H28N2O/c1-12-6-13(2)8-16(7-12)19(5)17(11-18)9-14(3)20-15(4)10-17/h6-8,14-15H,9-11,18H2,1-5H3. The second-order valence-corrected chi connectivity index (χ2v) is 6.50. The van der Waals surface area contributed by atoms with Crippen molar-refractivity contribution >= 4 is 5.69 Å². The van der Waals surface area contributed by atoms with Gasteiger partial charge in [-0.2, -0.15) is 0 Å². The van der Waals surface area contributed by atoms with Gasteiger partial charge in [-0.3, -0.25) is 0 Å². The van der Waals surface area contributed by atoms with Crippen molar-refractivity contribution in [1.82, 2.24) is 0 Å². The van der Waals surface area contributed by atoms with Crippen molar-refractivity contribution in [2.75, 3.05) is 18.5 Å². The van der Waals surface area contributed by atoms with Gasteiger partial charge in [0, 0.05) is 19.3 Å². The van der Waals surface area contributed by atoms with Crippen LogP contribution in [0.1, 0.15) is 37.8 Å². The second kappa shape index (κ2) is 5.74. The SMILES string of the molecule is Cc1cc(C)cc(N(C)C2(CN)CC(C)OC(C)C2)c1. The number of likely N-dealkylation sites (N-methyl/N-ethyl adjacent to an activating group) is 1. The minimum Gasteiger partial charge on any atom is -0.375 e. The zero-order valence-corrected chi connectivity index (χ0v) is 13.4. The van der Waals surface area contributed by atoms with Gasteiger partial charge in [-0.1, -0.05) is 6.07 Å². The van der Waals surface area contributed by atoms with Crippen LogP contribution in [0, 0.1) is 13.8 Å². The summed E-state index contributed by atoms with van der Waals surface area (Å²) >= 11 is 0. The molecule has 1 aliphatic rings. The minimum atomic E-state index is -0.00266. The Morgan fingerprint density at radius 1 is 1.15 bits per heavy atom. The van der Waals surface area contributed by atoms with E-state index in [1.165, 1.54) is 16.8 Å². The van der Waals surface area contributed by atoms with Gasteiger partial charge in [0.2, 0.25) is 0 Å². The summed E-state index contributed by atoms with van der Waals surface area (Å²) in [6, 6.07) is 6.70. The van der Waals surface area contributed by atoms with E-state index in [2.05, 4.69) is 57.8 Å². The fourth-order valence-electron chi connectivity index (χ4n) is 3.64. The molecule has 0 bridgehead atoms. The minimum absolute atomic E-state index is 0.00266. The Labute approximate surface area is 123 Å². The molecule has 0 spiro atoms. The van der Waals surface area contributed by atoms with Crippen LogP contribution < -0.4 is 10.6 Å². The lowest BCUT2D eigenvalue weighted by molar-refractivity contribution is -0.0591. The lowest BCUT2D eigenvalue weighted by atomic mass is 9.82. The van der Waals surface area contributed by atoms with Gasteiger partial charge < -0.3 is 15.4 Å². The van der Waals surface area contributed by atoms with Crippen LogP contribution in [0.25, 0.3) is 0 Å². The fraction of sp³-hybridized carbons (Fsp3) is 0.647. The average molecular weight is 276 g/mol. The van der Waals surface area contributed by atoms with Gasteiger partial charge in [0.25, 0.3) is 0 Å². The third-order valence-electron chi connectivity index (χ3n) is 4.48. The van der Waals surface area contributed by atoms with Gasteiger partial charge in [0.15, 0.2) is 0 Å². The highest BCUT2D eigenvalue weighted by atomic mass is 16.5. The molecule has 0 saturated carbocycles. The summed E-state index contributed by atoms with van der Waals surface area (Å²) in [5.41, 5.74) is 10.0. The van der Waals surface area contributed by atoms with Crippen molar-refractivity contribution in [1.29, 1.82) is 0 Å². The molecule has 1 aromatic rings. The summed E-state index contributed by atoms with van der Waals surface area (Å²) in [4.78, 5) is 2.38. The van der Waals surface area contributed by atoms with Crippen molar-refractivity contribution in [2.24, 2.45) is 5.73 Å². The van der Waals surface area contributed by atoms with Crippen LogP contribution in [0.2, 0.25) is 0 Å². The van der Waals surface area contributed by atoms with E-state index in [0.717, 1.165) is 12.8 Å². The molecule has 2 rings (SSSR count). The Hall–Kier alpha value is -1.06. The number of benzene rings is 1. The highest BCUT2D eigenvalue weighted by molar-refractivity contribution is 5.53. The van der Waals surface area contributed by atoms with E-state index < -0.39 is 0 Å². The molecule has 1 aromatic carbocycles. The van der Waals surface area contributed by atoms with Crippen LogP contribution in [-0.2, 0) is 4.74 Å². The van der Waals surface area contributed by atoms with Crippen LogP contribution in [0.3, 0.4) is 0 Å². The topological polar surface area (TPSA) is 38.5 Å². The van der Waals surface area contributed by atoms with E-state index >= 15 is 0 Å². The fourth-order valence-corrected chi connectivity index (χ4v) is 3.64. The number of aryl methyl sites for hydroxylation is 2. The largest absolute Gasteiger partial charge is 0.375 e. The normalized spacial score (nSPS) is 30.3. The first-order valence-corrected chi connectivity index (χ1v) is 7.54. The van der Waals surface area contributed by atoms with Gasteiger partial charge in [-0.15, -0.1) is 0 Å². The molecule has 3 nitrogen and oxygen atoms in total. The van der Waals surface area contributed by atoms with E-state index in [1.807, 2.05) is 0 Å². The van der Waals surface area contributed by atoms with Crippen molar-refractivity contribution in [2.45, 2.75) is 58.3 Å². The molecule has 0 radical (unpaired) electrons. The molecule has 2 unspecified atom stereocenters. The number of hydrogen-bond acceptors (Lipinski definition) is 3. The number of ether oxygens (including phenoxy) is 1. The molecule has 2 N–H and O–H groups in total. The first-order valence-electron chi connectivity index (χ1n) is 7.54. The molecule has 0 aromatic heterocycles. The molecular weight excluding hydrogens is 248 g/mol.